The van der Waals surface area contributed by atoms with Crippen molar-refractivity contribution in [3.05, 3.63) is 83.9 Å². The Morgan fingerprint density at radius 2 is 1.48 bits per heavy atom. The number of hydrogen-bond donors (Lipinski definition) is 1. The number of benzene rings is 3. The van der Waals surface area contributed by atoms with E-state index in [1.165, 1.54) is 0 Å². The summed E-state index contributed by atoms with van der Waals surface area (Å²) in [5, 5.41) is 5.28. The molecule has 1 amide bonds. The van der Waals surface area contributed by atoms with Crippen LogP contribution in [0, 0.1) is 5.92 Å². The van der Waals surface area contributed by atoms with Crippen LogP contribution in [0.2, 0.25) is 0 Å². The molecule has 0 spiro atoms. The normalized spacial score (nSPS) is 12.3. The first kappa shape index (κ1) is 15.3. The molecular formula is C21H21NO. The third kappa shape index (κ3) is 3.26. The smallest absolute Gasteiger partial charge is 0.252 e. The highest BCUT2D eigenvalue weighted by Gasteiger charge is 2.19. The monoisotopic (exact) mass is 303 g/mol. The molecule has 0 saturated heterocycles. The van der Waals surface area contributed by atoms with Crippen LogP contribution in [-0.2, 0) is 0 Å². The minimum Gasteiger partial charge on any atom is -0.345 e. The van der Waals surface area contributed by atoms with Crippen LogP contribution in [0.1, 0.15) is 35.8 Å². The van der Waals surface area contributed by atoms with Gasteiger partial charge < -0.3 is 5.32 Å². The Labute approximate surface area is 137 Å². The average Bonchev–Trinajstić information content (AvgIpc) is 2.59. The van der Waals surface area contributed by atoms with E-state index >= 15 is 0 Å². The molecule has 2 heteroatoms. The van der Waals surface area contributed by atoms with Gasteiger partial charge in [0.1, 0.15) is 0 Å². The SMILES string of the molecule is CC(C)[C@H](NC(=O)c1cccc2ccccc12)c1ccccc1. The number of carbonyl (C=O) groups excluding carboxylic acids is 1. The molecular weight excluding hydrogens is 282 g/mol. The lowest BCUT2D eigenvalue weighted by Crippen LogP contribution is -2.31. The molecule has 23 heavy (non-hydrogen) atoms. The highest BCUT2D eigenvalue weighted by Crippen LogP contribution is 2.24. The van der Waals surface area contributed by atoms with Crippen molar-refractivity contribution in [3.63, 3.8) is 0 Å². The van der Waals surface area contributed by atoms with Gasteiger partial charge in [0.15, 0.2) is 0 Å². The number of carbonyl (C=O) groups is 1. The van der Waals surface area contributed by atoms with E-state index in [-0.39, 0.29) is 11.9 Å². The Morgan fingerprint density at radius 3 is 2.22 bits per heavy atom. The van der Waals surface area contributed by atoms with Crippen LogP contribution >= 0.6 is 0 Å². The zero-order valence-corrected chi connectivity index (χ0v) is 13.5. The first-order valence-electron chi connectivity index (χ1n) is 8.00. The third-order valence-electron chi connectivity index (χ3n) is 4.15. The van der Waals surface area contributed by atoms with E-state index < -0.39 is 0 Å². The standard InChI is InChI=1S/C21H21NO/c1-15(2)20(17-10-4-3-5-11-17)22-21(23)19-14-8-12-16-9-6-7-13-18(16)19/h3-15,20H,1-2H3,(H,22,23)/t20-/m0/s1. The van der Waals surface area contributed by atoms with Crippen molar-refractivity contribution in [2.24, 2.45) is 5.92 Å². The van der Waals surface area contributed by atoms with Crippen LogP contribution in [0.5, 0.6) is 0 Å². The van der Waals surface area contributed by atoms with E-state index in [0.717, 1.165) is 21.9 Å². The number of nitrogens with one attached hydrogen (secondary N) is 1. The lowest BCUT2D eigenvalue weighted by atomic mass is 9.95. The minimum absolute atomic E-state index is 0.00247. The molecule has 0 bridgehead atoms. The van der Waals surface area contributed by atoms with Gasteiger partial charge in [0.05, 0.1) is 6.04 Å². The fourth-order valence-corrected chi connectivity index (χ4v) is 2.94. The molecule has 3 aromatic rings. The molecule has 0 aliphatic carbocycles. The molecule has 3 rings (SSSR count). The van der Waals surface area contributed by atoms with Gasteiger partial charge in [0.2, 0.25) is 0 Å². The summed E-state index contributed by atoms with van der Waals surface area (Å²) in [6, 6.07) is 24.0. The van der Waals surface area contributed by atoms with Crippen LogP contribution in [0.25, 0.3) is 10.8 Å². The first-order chi connectivity index (χ1) is 11.2. The molecule has 0 radical (unpaired) electrons. The summed E-state index contributed by atoms with van der Waals surface area (Å²) >= 11 is 0. The van der Waals surface area contributed by atoms with Crippen molar-refractivity contribution in [1.29, 1.82) is 0 Å². The van der Waals surface area contributed by atoms with Crippen LogP contribution in [0.15, 0.2) is 72.8 Å². The predicted molar refractivity (Wildman–Crippen MR) is 95.4 cm³/mol. The van der Waals surface area contributed by atoms with Gasteiger partial charge >= 0.3 is 0 Å². The second-order valence-corrected chi connectivity index (χ2v) is 6.13. The van der Waals surface area contributed by atoms with Crippen LogP contribution < -0.4 is 5.32 Å². The van der Waals surface area contributed by atoms with Gasteiger partial charge in [-0.25, -0.2) is 0 Å². The molecule has 0 fully saturated rings. The molecule has 0 unspecified atom stereocenters. The Hall–Kier alpha value is -2.61. The molecule has 116 valence electrons. The number of rotatable bonds is 4. The fourth-order valence-electron chi connectivity index (χ4n) is 2.94. The van der Waals surface area contributed by atoms with Crippen molar-refractivity contribution >= 4 is 16.7 Å². The van der Waals surface area contributed by atoms with E-state index in [2.05, 4.69) is 31.3 Å². The molecule has 0 heterocycles. The largest absolute Gasteiger partial charge is 0.345 e. The molecule has 1 N–H and O–H groups in total. The van der Waals surface area contributed by atoms with Crippen molar-refractivity contribution in [3.8, 4) is 0 Å². The van der Waals surface area contributed by atoms with Gasteiger partial charge in [-0.2, -0.15) is 0 Å². The molecule has 0 aromatic heterocycles. The molecule has 1 atom stereocenters. The summed E-state index contributed by atoms with van der Waals surface area (Å²) in [7, 11) is 0. The zero-order chi connectivity index (χ0) is 16.2. The summed E-state index contributed by atoms with van der Waals surface area (Å²) in [6.45, 7) is 4.25. The van der Waals surface area contributed by atoms with Gasteiger partial charge in [-0.05, 0) is 28.3 Å². The lowest BCUT2D eigenvalue weighted by Gasteiger charge is -2.23. The van der Waals surface area contributed by atoms with Crippen molar-refractivity contribution in [1.82, 2.24) is 5.32 Å². The zero-order valence-electron chi connectivity index (χ0n) is 13.5. The molecule has 2 nitrogen and oxygen atoms in total. The van der Waals surface area contributed by atoms with Gasteiger partial charge in [0.25, 0.3) is 5.91 Å². The lowest BCUT2D eigenvalue weighted by molar-refractivity contribution is 0.0927. The van der Waals surface area contributed by atoms with Crippen molar-refractivity contribution in [2.45, 2.75) is 19.9 Å². The predicted octanol–water partition coefficient (Wildman–Crippen LogP) is 4.97. The van der Waals surface area contributed by atoms with E-state index in [9.17, 15) is 4.79 Å². The van der Waals surface area contributed by atoms with Crippen molar-refractivity contribution < 1.29 is 4.79 Å². The molecule has 0 aliphatic rings. The van der Waals surface area contributed by atoms with Gasteiger partial charge in [-0.15, -0.1) is 0 Å². The van der Waals surface area contributed by atoms with E-state index in [0.29, 0.717) is 5.92 Å². The summed E-state index contributed by atoms with van der Waals surface area (Å²) in [5.41, 5.74) is 1.86. The van der Waals surface area contributed by atoms with Crippen LogP contribution in [0.4, 0.5) is 0 Å². The Kier molecular flexibility index (Phi) is 4.42. The van der Waals surface area contributed by atoms with Crippen molar-refractivity contribution in [2.75, 3.05) is 0 Å². The molecule has 0 aliphatic heterocycles. The second kappa shape index (κ2) is 6.66. The van der Waals surface area contributed by atoms with Crippen LogP contribution in [0.3, 0.4) is 0 Å². The summed E-state index contributed by atoms with van der Waals surface area (Å²) < 4.78 is 0. The van der Waals surface area contributed by atoms with Gasteiger partial charge in [-0.3, -0.25) is 4.79 Å². The maximum Gasteiger partial charge on any atom is 0.252 e. The van der Waals surface area contributed by atoms with E-state index in [4.69, 9.17) is 0 Å². The maximum absolute atomic E-state index is 12.8. The van der Waals surface area contributed by atoms with Crippen LogP contribution in [-0.4, -0.2) is 5.91 Å². The minimum atomic E-state index is -0.0237. The topological polar surface area (TPSA) is 29.1 Å². The average molecular weight is 303 g/mol. The Bertz CT molecular complexity index is 803. The van der Waals surface area contributed by atoms with E-state index in [1.807, 2.05) is 60.7 Å². The quantitative estimate of drug-likeness (QED) is 0.724. The highest BCUT2D eigenvalue weighted by atomic mass is 16.1. The Morgan fingerprint density at radius 1 is 0.826 bits per heavy atom. The summed E-state index contributed by atoms with van der Waals surface area (Å²) in [6.07, 6.45) is 0. The number of amides is 1. The molecule has 0 saturated carbocycles. The second-order valence-electron chi connectivity index (χ2n) is 6.13. The van der Waals surface area contributed by atoms with Gasteiger partial charge in [0, 0.05) is 5.56 Å². The fraction of sp³-hybridized carbons (Fsp3) is 0.190. The van der Waals surface area contributed by atoms with E-state index in [1.54, 1.807) is 0 Å². The van der Waals surface area contributed by atoms with Gasteiger partial charge in [-0.1, -0.05) is 80.6 Å². The number of hydrogen-bond acceptors (Lipinski definition) is 1. The highest BCUT2D eigenvalue weighted by molar-refractivity contribution is 6.07. The maximum atomic E-state index is 12.8. The first-order valence-corrected chi connectivity index (χ1v) is 8.00. The summed E-state index contributed by atoms with van der Waals surface area (Å²) in [5.74, 6) is 0.292. The Balaban J connectivity index is 1.93. The summed E-state index contributed by atoms with van der Waals surface area (Å²) in [4.78, 5) is 12.8. The number of fused-ring (bicyclic) bond motifs is 1. The third-order valence-corrected chi connectivity index (χ3v) is 4.15. The molecule has 3 aromatic carbocycles.